The molecule has 4 unspecified atom stereocenters. The molecule has 4 aliphatic rings. The standard InChI is InChI=1S/C17H19BrN6O/c18-10-2-1-3-11-12(10)15-19-6-7-23(15)17-13(20-8-24(11)17)16-21-14(22-25-16)9-4-5-9/h6-12,15,19H,1-5H2. The van der Waals surface area contributed by atoms with Crippen molar-refractivity contribution >= 4 is 21.7 Å². The van der Waals surface area contributed by atoms with Gasteiger partial charge in [0.05, 0.1) is 6.33 Å². The SMILES string of the molecule is BrC1CCCC2C1C1NC=CN1c1c(-c3nc(C4CC4)no3)ncn12. The van der Waals surface area contributed by atoms with Crippen LogP contribution in [0, 0.1) is 5.92 Å². The number of halogens is 1. The van der Waals surface area contributed by atoms with Crippen LogP contribution in [0.25, 0.3) is 11.6 Å². The van der Waals surface area contributed by atoms with Crippen molar-refractivity contribution in [2.45, 2.75) is 55.1 Å². The summed E-state index contributed by atoms with van der Waals surface area (Å²) in [4.78, 5) is 12.1. The van der Waals surface area contributed by atoms with Gasteiger partial charge in [0.1, 0.15) is 12.0 Å². The molecule has 4 heterocycles. The minimum Gasteiger partial charge on any atom is -0.369 e. The Morgan fingerprint density at radius 3 is 3.04 bits per heavy atom. The topological polar surface area (TPSA) is 72.0 Å². The number of anilines is 1. The summed E-state index contributed by atoms with van der Waals surface area (Å²) in [5.41, 5.74) is 0.799. The van der Waals surface area contributed by atoms with Crippen LogP contribution in [0.2, 0.25) is 0 Å². The van der Waals surface area contributed by atoms with Crippen LogP contribution in [0.5, 0.6) is 0 Å². The highest BCUT2D eigenvalue weighted by molar-refractivity contribution is 9.09. The lowest BCUT2D eigenvalue weighted by molar-refractivity contribution is 0.189. The van der Waals surface area contributed by atoms with Crippen molar-refractivity contribution in [3.05, 3.63) is 24.6 Å². The molecule has 6 rings (SSSR count). The van der Waals surface area contributed by atoms with E-state index < -0.39 is 0 Å². The van der Waals surface area contributed by atoms with Crippen molar-refractivity contribution in [2.24, 2.45) is 5.92 Å². The maximum Gasteiger partial charge on any atom is 0.280 e. The number of nitrogens with one attached hydrogen (secondary N) is 1. The molecular weight excluding hydrogens is 384 g/mol. The van der Waals surface area contributed by atoms with E-state index >= 15 is 0 Å². The number of alkyl halides is 1. The molecule has 2 aliphatic carbocycles. The zero-order valence-corrected chi connectivity index (χ0v) is 15.3. The highest BCUT2D eigenvalue weighted by Gasteiger charge is 2.48. The van der Waals surface area contributed by atoms with Gasteiger partial charge >= 0.3 is 0 Å². The molecule has 0 radical (unpaired) electrons. The number of fused-ring (bicyclic) bond motifs is 6. The van der Waals surface area contributed by atoms with E-state index in [0.29, 0.717) is 28.6 Å². The Bertz CT molecular complexity index is 855. The Hall–Kier alpha value is -1.83. The van der Waals surface area contributed by atoms with Gasteiger partial charge in [-0.1, -0.05) is 27.5 Å². The second-order valence-electron chi connectivity index (χ2n) is 7.48. The van der Waals surface area contributed by atoms with Crippen molar-refractivity contribution in [3.63, 3.8) is 0 Å². The van der Waals surface area contributed by atoms with Gasteiger partial charge in [0.25, 0.3) is 5.89 Å². The first-order valence-corrected chi connectivity index (χ1v) is 9.99. The number of hydrogen-bond donors (Lipinski definition) is 1. The Morgan fingerprint density at radius 2 is 2.16 bits per heavy atom. The van der Waals surface area contributed by atoms with Gasteiger partial charge in [0, 0.05) is 35.1 Å². The largest absolute Gasteiger partial charge is 0.369 e. The smallest absolute Gasteiger partial charge is 0.280 e. The van der Waals surface area contributed by atoms with E-state index in [-0.39, 0.29) is 6.17 Å². The highest BCUT2D eigenvalue weighted by atomic mass is 79.9. The number of aromatic nitrogens is 4. The van der Waals surface area contributed by atoms with Crippen molar-refractivity contribution in [1.82, 2.24) is 25.0 Å². The maximum atomic E-state index is 5.56. The number of imidazole rings is 1. The first kappa shape index (κ1) is 14.4. The fraction of sp³-hybridized carbons (Fsp3) is 0.588. The molecule has 130 valence electrons. The summed E-state index contributed by atoms with van der Waals surface area (Å²) >= 11 is 3.93. The number of hydrogen-bond acceptors (Lipinski definition) is 6. The molecule has 2 saturated carbocycles. The van der Waals surface area contributed by atoms with E-state index in [1.54, 1.807) is 0 Å². The van der Waals surface area contributed by atoms with Crippen molar-refractivity contribution < 1.29 is 4.52 Å². The van der Waals surface area contributed by atoms with E-state index in [1.807, 2.05) is 12.5 Å². The van der Waals surface area contributed by atoms with Crippen LogP contribution in [0.3, 0.4) is 0 Å². The summed E-state index contributed by atoms with van der Waals surface area (Å²) in [6, 6.07) is 0.439. The number of rotatable bonds is 2. The summed E-state index contributed by atoms with van der Waals surface area (Å²) < 4.78 is 7.89. The second-order valence-corrected chi connectivity index (χ2v) is 8.66. The molecule has 4 atom stereocenters. The van der Waals surface area contributed by atoms with Gasteiger partial charge in [-0.25, -0.2) is 4.98 Å². The summed E-state index contributed by atoms with van der Waals surface area (Å²) in [5.74, 6) is 3.42. The lowest BCUT2D eigenvalue weighted by Crippen LogP contribution is -2.54. The zero-order valence-electron chi connectivity index (χ0n) is 13.7. The molecule has 0 bridgehead atoms. The quantitative estimate of drug-likeness (QED) is 0.777. The van der Waals surface area contributed by atoms with Crippen molar-refractivity contribution in [1.29, 1.82) is 0 Å². The lowest BCUT2D eigenvalue weighted by Gasteiger charge is -2.47. The van der Waals surface area contributed by atoms with E-state index in [9.17, 15) is 0 Å². The highest BCUT2D eigenvalue weighted by Crippen LogP contribution is 2.49. The van der Waals surface area contributed by atoms with Gasteiger partial charge in [0.15, 0.2) is 11.5 Å². The van der Waals surface area contributed by atoms with Gasteiger partial charge in [-0.2, -0.15) is 4.98 Å². The summed E-state index contributed by atoms with van der Waals surface area (Å²) in [7, 11) is 0. The van der Waals surface area contributed by atoms with Crippen LogP contribution in [0.4, 0.5) is 5.82 Å². The number of nitrogens with zero attached hydrogens (tertiary/aromatic N) is 5. The average Bonchev–Trinajstić information content (AvgIpc) is 3.03. The first-order chi connectivity index (χ1) is 12.3. The van der Waals surface area contributed by atoms with Crippen LogP contribution in [-0.4, -0.2) is 30.7 Å². The fourth-order valence-electron chi connectivity index (χ4n) is 4.62. The predicted molar refractivity (Wildman–Crippen MR) is 95.1 cm³/mol. The molecule has 0 spiro atoms. The Morgan fingerprint density at radius 1 is 1.24 bits per heavy atom. The average molecular weight is 403 g/mol. The minimum atomic E-state index is 0.253. The molecular formula is C17H19BrN6O. The summed E-state index contributed by atoms with van der Waals surface area (Å²) in [5, 5.41) is 7.71. The fourth-order valence-corrected chi connectivity index (χ4v) is 5.58. The van der Waals surface area contributed by atoms with Crippen molar-refractivity contribution in [2.75, 3.05) is 4.90 Å². The predicted octanol–water partition coefficient (Wildman–Crippen LogP) is 3.14. The van der Waals surface area contributed by atoms with Gasteiger partial charge in [0.2, 0.25) is 0 Å². The summed E-state index contributed by atoms with van der Waals surface area (Å²) in [6.45, 7) is 0. The lowest BCUT2D eigenvalue weighted by atomic mass is 9.80. The van der Waals surface area contributed by atoms with Crippen LogP contribution in [0.15, 0.2) is 23.3 Å². The van der Waals surface area contributed by atoms with E-state index in [2.05, 4.69) is 52.0 Å². The normalized spacial score (nSPS) is 32.9. The molecule has 0 aromatic carbocycles. The molecule has 2 fully saturated rings. The Kier molecular flexibility index (Phi) is 2.92. The first-order valence-electron chi connectivity index (χ1n) is 9.07. The second kappa shape index (κ2) is 5.09. The molecule has 2 aromatic rings. The Labute approximate surface area is 153 Å². The molecule has 7 nitrogen and oxygen atoms in total. The van der Waals surface area contributed by atoms with E-state index in [1.165, 1.54) is 19.3 Å². The molecule has 0 saturated heterocycles. The minimum absolute atomic E-state index is 0.253. The Balaban J connectivity index is 1.48. The van der Waals surface area contributed by atoms with E-state index in [0.717, 1.165) is 30.2 Å². The molecule has 25 heavy (non-hydrogen) atoms. The molecule has 1 N–H and O–H groups in total. The van der Waals surface area contributed by atoms with Crippen molar-refractivity contribution in [3.8, 4) is 11.6 Å². The molecule has 2 aliphatic heterocycles. The van der Waals surface area contributed by atoms with Crippen LogP contribution in [0.1, 0.15) is 49.9 Å². The van der Waals surface area contributed by atoms with Gasteiger partial charge in [-0.3, -0.25) is 0 Å². The van der Waals surface area contributed by atoms with Crippen LogP contribution in [-0.2, 0) is 0 Å². The third kappa shape index (κ3) is 2.00. The zero-order chi connectivity index (χ0) is 16.5. The maximum absolute atomic E-state index is 5.56. The monoisotopic (exact) mass is 402 g/mol. The summed E-state index contributed by atoms with van der Waals surface area (Å²) in [6.07, 6.45) is 12.3. The van der Waals surface area contributed by atoms with E-state index in [4.69, 9.17) is 4.52 Å². The molecule has 2 aromatic heterocycles. The third-order valence-corrected chi connectivity index (χ3v) is 7.03. The third-order valence-electron chi connectivity index (χ3n) is 5.96. The molecule has 8 heteroatoms. The van der Waals surface area contributed by atoms with Crippen LogP contribution >= 0.6 is 15.9 Å². The van der Waals surface area contributed by atoms with Crippen LogP contribution < -0.4 is 10.2 Å². The van der Waals surface area contributed by atoms with Gasteiger partial charge < -0.3 is 19.3 Å². The van der Waals surface area contributed by atoms with Gasteiger partial charge in [-0.05, 0) is 25.7 Å². The van der Waals surface area contributed by atoms with Gasteiger partial charge in [-0.15, -0.1) is 0 Å². The molecule has 0 amide bonds.